The highest BCUT2D eigenvalue weighted by molar-refractivity contribution is 9.10. The van der Waals surface area contributed by atoms with Crippen LogP contribution in [-0.4, -0.2) is 62.6 Å². The fourth-order valence-electron chi connectivity index (χ4n) is 8.07. The zero-order valence-corrected chi connectivity index (χ0v) is 31.8. The van der Waals surface area contributed by atoms with Gasteiger partial charge in [0.05, 0.1) is 24.0 Å². The molecule has 1 N–H and O–H groups in total. The maximum absolute atomic E-state index is 15.3. The summed E-state index contributed by atoms with van der Waals surface area (Å²) < 4.78 is 120. The summed E-state index contributed by atoms with van der Waals surface area (Å²) in [7, 11) is 2.19. The van der Waals surface area contributed by atoms with Crippen molar-refractivity contribution >= 4 is 85.9 Å². The van der Waals surface area contributed by atoms with E-state index in [0.29, 0.717) is 16.1 Å². The zero-order valence-electron chi connectivity index (χ0n) is 27.9. The molecule has 4 amide bonds. The normalized spacial score (nSPS) is 27.4. The molecular weight excluding hydrogens is 899 g/mol. The Labute approximate surface area is 332 Å². The van der Waals surface area contributed by atoms with E-state index in [1.807, 2.05) is 0 Å². The number of phenolic OH excluding ortho intramolecular Hbond substituents is 1. The van der Waals surface area contributed by atoms with Gasteiger partial charge in [0.2, 0.25) is 5.82 Å². The Kier molecular flexibility index (Phi) is 9.41. The summed E-state index contributed by atoms with van der Waals surface area (Å²) >= 11 is 23.6. The predicted molar refractivity (Wildman–Crippen MR) is 183 cm³/mol. The zero-order chi connectivity index (χ0) is 41.3. The predicted octanol–water partition coefficient (Wildman–Crippen LogP) is 7.54. The summed E-state index contributed by atoms with van der Waals surface area (Å²) in [6, 6.07) is 3.91. The van der Waals surface area contributed by atoms with E-state index in [1.165, 1.54) is 18.2 Å². The first-order valence-electron chi connectivity index (χ1n) is 15.9. The Morgan fingerprint density at radius 2 is 1.55 bits per heavy atom. The van der Waals surface area contributed by atoms with Gasteiger partial charge in [-0.2, -0.15) is 18.2 Å². The van der Waals surface area contributed by atoms with Crippen LogP contribution >= 0.6 is 50.7 Å². The third-order valence-corrected chi connectivity index (χ3v) is 12.7. The van der Waals surface area contributed by atoms with Gasteiger partial charge in [-0.05, 0) is 43.0 Å². The number of carbonyl (C=O) groups excluding carboxylic acids is 4. The molecule has 1 saturated carbocycles. The first-order valence-corrected chi connectivity index (χ1v) is 17.9. The third-order valence-electron chi connectivity index (χ3n) is 10.5. The lowest BCUT2D eigenvalue weighted by Crippen LogP contribution is -2.60. The highest BCUT2D eigenvalue weighted by Gasteiger charge is 2.77. The van der Waals surface area contributed by atoms with E-state index in [9.17, 15) is 50.6 Å². The van der Waals surface area contributed by atoms with Gasteiger partial charge in [0.25, 0.3) is 23.6 Å². The minimum absolute atomic E-state index is 0.0192. The van der Waals surface area contributed by atoms with Crippen molar-refractivity contribution < 1.29 is 64.1 Å². The second-order valence-electron chi connectivity index (χ2n) is 13.3. The summed E-state index contributed by atoms with van der Waals surface area (Å²) in [5.41, 5.74) is -3.75. The van der Waals surface area contributed by atoms with Crippen LogP contribution < -0.4 is 14.6 Å². The lowest BCUT2D eigenvalue weighted by molar-refractivity contribution is -0.141. The number of aromatic hydroxyl groups is 1. The highest BCUT2D eigenvalue weighted by Crippen LogP contribution is 2.67. The molecule has 2 aliphatic carbocycles. The van der Waals surface area contributed by atoms with Crippen LogP contribution in [-0.2, 0) is 25.4 Å². The molecule has 4 aliphatic rings. The number of anilines is 2. The monoisotopic (exact) mass is 916 g/mol. The minimum Gasteiger partial charge on any atom is -0.504 e. The number of fused-ring (bicyclic) bond motifs is 4. The molecule has 2 saturated heterocycles. The van der Waals surface area contributed by atoms with Gasteiger partial charge in [-0.3, -0.25) is 24.2 Å². The Bertz CT molecular complexity index is 2330. The number of amides is 4. The van der Waals surface area contributed by atoms with Gasteiger partial charge >= 0.3 is 6.18 Å². The van der Waals surface area contributed by atoms with Crippen molar-refractivity contribution in [2.45, 2.75) is 34.7 Å². The van der Waals surface area contributed by atoms with Crippen molar-refractivity contribution in [2.75, 3.05) is 24.1 Å². The lowest BCUT2D eigenvalue weighted by atomic mass is 9.56. The average Bonchev–Trinajstić information content (AvgIpc) is 3.48. The number of nitrogens with zero attached hydrogens (tertiary/aromatic N) is 4. The number of benzene rings is 2. The first kappa shape index (κ1) is 40.0. The number of alkyl halides is 5. The van der Waals surface area contributed by atoms with Gasteiger partial charge in [0, 0.05) is 23.0 Å². The summed E-state index contributed by atoms with van der Waals surface area (Å²) in [5.74, 6) is -26.1. The number of halogens is 12. The lowest BCUT2D eigenvalue weighted by Gasteiger charge is -2.50. The van der Waals surface area contributed by atoms with Gasteiger partial charge in [-0.1, -0.05) is 39.2 Å². The van der Waals surface area contributed by atoms with Gasteiger partial charge in [-0.25, -0.2) is 31.8 Å². The molecule has 0 bridgehead atoms. The Hall–Kier alpha value is -4.20. The second-order valence-corrected chi connectivity index (χ2v) is 15.8. The molecule has 3 aromatic rings. The number of allylic oxidation sites excluding steroid dienone is 2. The van der Waals surface area contributed by atoms with Crippen molar-refractivity contribution in [2.24, 2.45) is 17.8 Å². The molecule has 7 rings (SSSR count). The van der Waals surface area contributed by atoms with Crippen molar-refractivity contribution in [1.82, 2.24) is 9.99 Å². The van der Waals surface area contributed by atoms with Gasteiger partial charge in [0.1, 0.15) is 11.4 Å². The molecule has 6 atom stereocenters. The molecule has 3 heterocycles. The number of pyridine rings is 1. The number of methoxy groups -OCH3 is 1. The van der Waals surface area contributed by atoms with Gasteiger partial charge in [0.15, 0.2) is 50.3 Å². The van der Waals surface area contributed by atoms with Crippen LogP contribution in [0, 0.1) is 46.8 Å². The van der Waals surface area contributed by atoms with Crippen molar-refractivity contribution in [3.63, 3.8) is 0 Å². The van der Waals surface area contributed by atoms with E-state index in [1.54, 1.807) is 0 Å². The molecule has 0 radical (unpaired) electrons. The molecule has 10 nitrogen and oxygen atoms in total. The fraction of sp³-hybridized carbons (Fsp3) is 0.324. The number of aromatic nitrogens is 1. The molecule has 3 fully saturated rings. The number of ether oxygens (including phenoxy) is 1. The number of hydrazine groups is 1. The Balaban J connectivity index is 1.42. The van der Waals surface area contributed by atoms with Crippen molar-refractivity contribution in [3.8, 4) is 11.5 Å². The van der Waals surface area contributed by atoms with Crippen LogP contribution in [0.15, 0.2) is 40.4 Å². The van der Waals surface area contributed by atoms with E-state index in [0.717, 1.165) is 20.2 Å². The number of hydrogen-bond acceptors (Lipinski definition) is 8. The van der Waals surface area contributed by atoms with E-state index in [4.69, 9.17) is 39.5 Å². The first-order chi connectivity index (χ1) is 26.0. The van der Waals surface area contributed by atoms with Crippen LogP contribution in [0.5, 0.6) is 11.5 Å². The van der Waals surface area contributed by atoms with Crippen LogP contribution in [0.2, 0.25) is 5.02 Å². The maximum atomic E-state index is 15.3. The van der Waals surface area contributed by atoms with E-state index < -0.39 is 122 Å². The topological polar surface area (TPSA) is 120 Å². The minimum atomic E-state index is -4.96. The quantitative estimate of drug-likeness (QED) is 0.0697. The standard InChI is InChI=1S/C34H20BrCl3F8N4O6/c1-48(27-15(36)5-6-17(47-27)34(44,45)46)50-28(52)12-4-3-11-14(18(12)29(50)53)9-32(37)30(54)49(25-23(42)21(40)20(39)22(41)24(25)43)31(55)33(32,38)19(11)13-7-10(35)8-16(56-2)26(13)51/h3,5-8,12,14,18-19,51H,4,9H2,1-2H3/t12-,14+,18-,19+,32+,33-/m0/s1. The van der Waals surface area contributed by atoms with Crippen molar-refractivity contribution in [1.29, 1.82) is 0 Å². The maximum Gasteiger partial charge on any atom is 0.433 e. The molecule has 0 unspecified atom stereocenters. The fourth-order valence-corrected chi connectivity index (χ4v) is 9.68. The molecule has 2 aliphatic heterocycles. The molecule has 296 valence electrons. The third kappa shape index (κ3) is 5.29. The SMILES string of the molecule is COc1cc(Br)cc([C@H]2C3=CC[C@@H]4C(=O)N(N(C)c5nc(C(F)(F)F)ccc5Cl)C(=O)[C@@H]4[C@@H]3C[C@@]3(Cl)C(=O)N(c4c(F)c(F)c(F)c(F)c4F)C(=O)[C@@]23Cl)c1O. The Morgan fingerprint density at radius 3 is 2.14 bits per heavy atom. The highest BCUT2D eigenvalue weighted by atomic mass is 79.9. The summed E-state index contributed by atoms with van der Waals surface area (Å²) in [6.45, 7) is 0. The largest absolute Gasteiger partial charge is 0.504 e. The van der Waals surface area contributed by atoms with Crippen LogP contribution in [0.4, 0.5) is 46.6 Å². The number of rotatable bonds is 5. The van der Waals surface area contributed by atoms with Gasteiger partial charge in [-0.15, -0.1) is 23.2 Å². The van der Waals surface area contributed by atoms with Crippen LogP contribution in [0.3, 0.4) is 0 Å². The number of phenols is 1. The molecule has 56 heavy (non-hydrogen) atoms. The van der Waals surface area contributed by atoms with Crippen LogP contribution in [0.25, 0.3) is 0 Å². The molecule has 1 aromatic heterocycles. The second kappa shape index (κ2) is 13.2. The molecule has 0 spiro atoms. The molecule has 22 heteroatoms. The number of carbonyl (C=O) groups is 4. The number of hydrogen-bond donors (Lipinski definition) is 1. The number of imide groups is 2. The summed E-state index contributed by atoms with van der Waals surface area (Å²) in [5, 5.41) is 12.2. The average molecular weight is 919 g/mol. The molecule has 2 aromatic carbocycles. The van der Waals surface area contributed by atoms with E-state index >= 15 is 8.78 Å². The van der Waals surface area contributed by atoms with E-state index in [-0.39, 0.29) is 37.7 Å². The van der Waals surface area contributed by atoms with Crippen molar-refractivity contribution in [3.05, 3.63) is 85.8 Å². The summed E-state index contributed by atoms with van der Waals surface area (Å²) in [6.07, 6.45) is -4.80. The Morgan fingerprint density at radius 1 is 0.946 bits per heavy atom. The molecular formula is C34H20BrCl3F8N4O6. The smallest absolute Gasteiger partial charge is 0.433 e. The van der Waals surface area contributed by atoms with Gasteiger partial charge < -0.3 is 9.84 Å². The van der Waals surface area contributed by atoms with E-state index in [2.05, 4.69) is 20.9 Å². The summed E-state index contributed by atoms with van der Waals surface area (Å²) in [4.78, 5) is 54.5. The van der Waals surface area contributed by atoms with Crippen LogP contribution in [0.1, 0.15) is 30.0 Å².